The Morgan fingerprint density at radius 3 is 2.60 bits per heavy atom. The summed E-state index contributed by atoms with van der Waals surface area (Å²) in [6, 6.07) is 6.11. The van der Waals surface area contributed by atoms with Gasteiger partial charge in [0.05, 0.1) is 0 Å². The molecule has 1 amide bonds. The largest absolute Gasteiger partial charge is 0.444 e. The zero-order chi connectivity index (χ0) is 15.3. The van der Waals surface area contributed by atoms with E-state index in [0.717, 1.165) is 10.9 Å². The summed E-state index contributed by atoms with van der Waals surface area (Å²) in [6.45, 7) is 9.01. The average Bonchev–Trinajstić information content (AvgIpc) is 2.39. The van der Waals surface area contributed by atoms with Crippen LogP contribution >= 0.6 is 15.9 Å². The van der Waals surface area contributed by atoms with Gasteiger partial charge in [-0.1, -0.05) is 28.1 Å². The summed E-state index contributed by atoms with van der Waals surface area (Å²) in [7, 11) is 0. The van der Waals surface area contributed by atoms with Crippen LogP contribution in [0.3, 0.4) is 0 Å². The number of benzene rings is 1. The number of nitrogens with zero attached hydrogens (tertiary/aromatic N) is 1. The number of halogens is 1. The van der Waals surface area contributed by atoms with Gasteiger partial charge in [0, 0.05) is 17.6 Å². The molecule has 0 bridgehead atoms. The van der Waals surface area contributed by atoms with Crippen LogP contribution in [0, 0.1) is 0 Å². The first-order valence-corrected chi connectivity index (χ1v) is 7.19. The number of rotatable bonds is 0. The van der Waals surface area contributed by atoms with Crippen molar-refractivity contribution in [3.63, 3.8) is 0 Å². The summed E-state index contributed by atoms with van der Waals surface area (Å²) < 4.78 is 6.53. The predicted molar refractivity (Wildman–Crippen MR) is 81.6 cm³/mol. The quantitative estimate of drug-likeness (QED) is 0.724. The van der Waals surface area contributed by atoms with Crippen molar-refractivity contribution in [1.29, 1.82) is 0 Å². The smallest absolute Gasteiger partial charge is 0.410 e. The van der Waals surface area contributed by atoms with Crippen LogP contribution in [-0.2, 0) is 22.5 Å². The minimum Gasteiger partial charge on any atom is -0.444 e. The van der Waals surface area contributed by atoms with E-state index in [-0.39, 0.29) is 6.09 Å². The molecule has 1 aromatic rings. The molecule has 0 saturated heterocycles. The van der Waals surface area contributed by atoms with Crippen LogP contribution in [0.4, 0.5) is 4.79 Å². The SMILES string of the molecule is C=O.CC(C)(C)OC(=O)N1CCc2c(Br)cccc2C1. The third-order valence-electron chi connectivity index (χ3n) is 2.86. The zero-order valence-corrected chi connectivity index (χ0v) is 13.7. The maximum atomic E-state index is 12.0. The standard InChI is InChI=1S/C14H18BrNO2.CH2O/c1-14(2,3)18-13(17)16-8-7-11-10(9-16)5-4-6-12(11)15;1-2/h4-6H,7-9H2,1-3H3;1H2. The highest BCUT2D eigenvalue weighted by Gasteiger charge is 2.26. The number of amides is 1. The van der Waals surface area contributed by atoms with Crippen molar-refractivity contribution in [3.8, 4) is 0 Å². The Hall–Kier alpha value is -1.36. The second-order valence-corrected chi connectivity index (χ2v) is 6.38. The molecule has 0 atom stereocenters. The lowest BCUT2D eigenvalue weighted by molar-refractivity contribution is -0.0980. The molecular formula is C15H20BrNO3. The number of ether oxygens (including phenoxy) is 1. The van der Waals surface area contributed by atoms with Gasteiger partial charge in [-0.15, -0.1) is 0 Å². The van der Waals surface area contributed by atoms with Crippen LogP contribution in [-0.4, -0.2) is 29.9 Å². The third-order valence-corrected chi connectivity index (χ3v) is 3.60. The maximum Gasteiger partial charge on any atom is 0.410 e. The fourth-order valence-electron chi connectivity index (χ4n) is 2.05. The van der Waals surface area contributed by atoms with Gasteiger partial charge in [0.2, 0.25) is 0 Å². The van der Waals surface area contributed by atoms with E-state index in [1.54, 1.807) is 4.90 Å². The highest BCUT2D eigenvalue weighted by molar-refractivity contribution is 9.10. The van der Waals surface area contributed by atoms with Gasteiger partial charge >= 0.3 is 6.09 Å². The number of hydrogen-bond acceptors (Lipinski definition) is 3. The Labute approximate surface area is 128 Å². The normalized spacial score (nSPS) is 13.9. The molecule has 20 heavy (non-hydrogen) atoms. The van der Waals surface area contributed by atoms with Crippen LogP contribution in [0.15, 0.2) is 22.7 Å². The average molecular weight is 342 g/mol. The van der Waals surface area contributed by atoms with Crippen LogP contribution in [0.1, 0.15) is 31.9 Å². The zero-order valence-electron chi connectivity index (χ0n) is 12.1. The number of carbonyl (C=O) groups excluding carboxylic acids is 2. The first kappa shape index (κ1) is 16.7. The van der Waals surface area contributed by atoms with E-state index < -0.39 is 5.60 Å². The topological polar surface area (TPSA) is 46.6 Å². The summed E-state index contributed by atoms with van der Waals surface area (Å²) in [6.07, 6.45) is 0.642. The van der Waals surface area contributed by atoms with Crippen LogP contribution < -0.4 is 0 Å². The van der Waals surface area contributed by atoms with Crippen molar-refractivity contribution < 1.29 is 14.3 Å². The fourth-order valence-corrected chi connectivity index (χ4v) is 2.65. The summed E-state index contributed by atoms with van der Waals surface area (Å²) >= 11 is 3.55. The Balaban J connectivity index is 0.000000956. The summed E-state index contributed by atoms with van der Waals surface area (Å²) in [5, 5.41) is 0. The molecular weight excluding hydrogens is 322 g/mol. The van der Waals surface area contributed by atoms with E-state index >= 15 is 0 Å². The number of fused-ring (bicyclic) bond motifs is 1. The number of hydrogen-bond donors (Lipinski definition) is 0. The van der Waals surface area contributed by atoms with Gasteiger partial charge in [-0.05, 0) is 44.4 Å². The second-order valence-electron chi connectivity index (χ2n) is 5.53. The van der Waals surface area contributed by atoms with Crippen LogP contribution in [0.2, 0.25) is 0 Å². The van der Waals surface area contributed by atoms with Gasteiger partial charge in [-0.3, -0.25) is 0 Å². The fraction of sp³-hybridized carbons (Fsp3) is 0.467. The Morgan fingerprint density at radius 1 is 1.35 bits per heavy atom. The first-order chi connectivity index (χ1) is 9.37. The van der Waals surface area contributed by atoms with Crippen molar-refractivity contribution in [2.45, 2.75) is 39.3 Å². The molecule has 0 radical (unpaired) electrons. The minimum atomic E-state index is -0.436. The highest BCUT2D eigenvalue weighted by Crippen LogP contribution is 2.27. The van der Waals surface area contributed by atoms with Crippen LogP contribution in [0.25, 0.3) is 0 Å². The Morgan fingerprint density at radius 2 is 2.00 bits per heavy atom. The maximum absolute atomic E-state index is 12.0. The van der Waals surface area contributed by atoms with Gasteiger partial charge in [0.25, 0.3) is 0 Å². The van der Waals surface area contributed by atoms with Crippen molar-refractivity contribution >= 4 is 28.8 Å². The van der Waals surface area contributed by atoms with Gasteiger partial charge in [0.1, 0.15) is 12.4 Å². The van der Waals surface area contributed by atoms with E-state index in [1.807, 2.05) is 39.7 Å². The molecule has 1 heterocycles. The Bertz CT molecular complexity index is 482. The van der Waals surface area contributed by atoms with E-state index in [0.29, 0.717) is 13.1 Å². The van der Waals surface area contributed by atoms with Gasteiger partial charge < -0.3 is 14.4 Å². The van der Waals surface area contributed by atoms with Gasteiger partial charge in [-0.2, -0.15) is 0 Å². The summed E-state index contributed by atoms with van der Waals surface area (Å²) in [5.74, 6) is 0. The second kappa shape index (κ2) is 6.88. The first-order valence-electron chi connectivity index (χ1n) is 6.40. The minimum absolute atomic E-state index is 0.229. The van der Waals surface area contributed by atoms with Crippen molar-refractivity contribution in [3.05, 3.63) is 33.8 Å². The molecule has 1 aromatic carbocycles. The lowest BCUT2D eigenvalue weighted by Crippen LogP contribution is -2.39. The van der Waals surface area contributed by atoms with Crippen molar-refractivity contribution in [2.75, 3.05) is 6.54 Å². The van der Waals surface area contributed by atoms with E-state index in [2.05, 4.69) is 22.0 Å². The molecule has 2 rings (SSSR count). The molecule has 0 spiro atoms. The van der Waals surface area contributed by atoms with E-state index in [9.17, 15) is 4.79 Å². The van der Waals surface area contributed by atoms with Gasteiger partial charge in [0.15, 0.2) is 0 Å². The molecule has 4 nitrogen and oxygen atoms in total. The lowest BCUT2D eigenvalue weighted by atomic mass is 10.0. The molecule has 5 heteroatoms. The predicted octanol–water partition coefficient (Wildman–Crippen LogP) is 3.56. The van der Waals surface area contributed by atoms with E-state index in [4.69, 9.17) is 9.53 Å². The number of carbonyl (C=O) groups is 2. The summed E-state index contributed by atoms with van der Waals surface area (Å²) in [5.41, 5.74) is 2.06. The molecule has 0 fully saturated rings. The molecule has 1 aliphatic rings. The van der Waals surface area contributed by atoms with Gasteiger partial charge in [-0.25, -0.2) is 4.79 Å². The monoisotopic (exact) mass is 341 g/mol. The highest BCUT2D eigenvalue weighted by atomic mass is 79.9. The molecule has 0 saturated carbocycles. The molecule has 0 N–H and O–H groups in total. The third kappa shape index (κ3) is 4.34. The van der Waals surface area contributed by atoms with Crippen molar-refractivity contribution in [2.24, 2.45) is 0 Å². The molecule has 1 aliphatic heterocycles. The van der Waals surface area contributed by atoms with Crippen LogP contribution in [0.5, 0.6) is 0 Å². The molecule has 0 unspecified atom stereocenters. The molecule has 0 aliphatic carbocycles. The molecule has 110 valence electrons. The van der Waals surface area contributed by atoms with E-state index in [1.165, 1.54) is 11.1 Å². The van der Waals surface area contributed by atoms with Crippen molar-refractivity contribution in [1.82, 2.24) is 4.90 Å². The Kier molecular flexibility index (Phi) is 5.74. The lowest BCUT2D eigenvalue weighted by Gasteiger charge is -2.31. The molecule has 0 aromatic heterocycles. The summed E-state index contributed by atoms with van der Waals surface area (Å²) in [4.78, 5) is 21.8.